The average Bonchev–Trinajstić information content (AvgIpc) is 2.33. The Morgan fingerprint density at radius 1 is 1.36 bits per heavy atom. The predicted molar refractivity (Wildman–Crippen MR) is 58.8 cm³/mol. The van der Waals surface area contributed by atoms with Crippen molar-refractivity contribution >= 4 is 8.32 Å². The van der Waals surface area contributed by atoms with E-state index in [-0.39, 0.29) is 5.04 Å². The number of hydrogen-bond acceptors (Lipinski definition) is 3. The van der Waals surface area contributed by atoms with E-state index in [0.717, 1.165) is 0 Å². The Kier molecular flexibility index (Phi) is 2.71. The highest BCUT2D eigenvalue weighted by Crippen LogP contribution is 2.36. The second kappa shape index (κ2) is 3.38. The maximum absolute atomic E-state index is 5.97. The summed E-state index contributed by atoms with van der Waals surface area (Å²) in [4.78, 5) is 0. The molecule has 0 fully saturated rings. The van der Waals surface area contributed by atoms with Gasteiger partial charge in [0.05, 0.1) is 0 Å². The van der Waals surface area contributed by atoms with Gasteiger partial charge in [-0.3, -0.25) is 4.57 Å². The third kappa shape index (κ3) is 2.15. The van der Waals surface area contributed by atoms with Crippen LogP contribution >= 0.6 is 0 Å². The number of aryl methyl sites for hydroxylation is 1. The number of rotatable bonds is 2. The Hall–Kier alpha value is -0.843. The Morgan fingerprint density at radius 2 is 1.93 bits per heavy atom. The molecule has 4 nitrogen and oxygen atoms in total. The van der Waals surface area contributed by atoms with Crippen LogP contribution in [0.1, 0.15) is 20.8 Å². The molecule has 0 spiro atoms. The Morgan fingerprint density at radius 3 is 2.29 bits per heavy atom. The summed E-state index contributed by atoms with van der Waals surface area (Å²) in [5.41, 5.74) is 0. The summed E-state index contributed by atoms with van der Waals surface area (Å²) in [5, 5.41) is 7.93. The zero-order chi connectivity index (χ0) is 11.0. The van der Waals surface area contributed by atoms with E-state index in [2.05, 4.69) is 44.1 Å². The van der Waals surface area contributed by atoms with Gasteiger partial charge in [-0.05, 0) is 18.1 Å². The lowest BCUT2D eigenvalue weighted by Gasteiger charge is -2.35. The number of aromatic nitrogens is 3. The molecule has 1 aromatic heterocycles. The molecule has 0 bridgehead atoms. The van der Waals surface area contributed by atoms with Crippen LogP contribution in [0.4, 0.5) is 0 Å². The molecule has 0 atom stereocenters. The van der Waals surface area contributed by atoms with Gasteiger partial charge < -0.3 is 4.43 Å². The van der Waals surface area contributed by atoms with Crippen molar-refractivity contribution in [1.29, 1.82) is 0 Å². The molecule has 0 aliphatic rings. The predicted octanol–water partition coefficient (Wildman–Crippen LogP) is 2.20. The first kappa shape index (κ1) is 11.2. The van der Waals surface area contributed by atoms with Gasteiger partial charge >= 0.3 is 6.01 Å². The van der Waals surface area contributed by atoms with Gasteiger partial charge in [0, 0.05) is 7.05 Å². The van der Waals surface area contributed by atoms with Crippen molar-refractivity contribution in [1.82, 2.24) is 14.8 Å². The molecular weight excluding hydrogens is 194 g/mol. The first-order valence-electron chi connectivity index (χ1n) is 4.77. The standard InChI is InChI=1S/C9H19N3OSi/c1-9(2,3)14(5,6)13-8-11-10-7-12(8)4/h7H,1-6H3. The van der Waals surface area contributed by atoms with E-state index in [1.165, 1.54) is 0 Å². The lowest BCUT2D eigenvalue weighted by atomic mass is 10.2. The van der Waals surface area contributed by atoms with E-state index in [1.807, 2.05) is 7.05 Å². The van der Waals surface area contributed by atoms with Crippen molar-refractivity contribution in [3.8, 4) is 6.01 Å². The van der Waals surface area contributed by atoms with Crippen molar-refractivity contribution < 1.29 is 4.43 Å². The summed E-state index contributed by atoms with van der Waals surface area (Å²) in [5.74, 6) is 0. The molecule has 0 aromatic carbocycles. The molecule has 1 rings (SSSR count). The molecule has 0 aliphatic heterocycles. The Bertz CT molecular complexity index is 314. The zero-order valence-corrected chi connectivity index (χ0v) is 10.8. The van der Waals surface area contributed by atoms with E-state index < -0.39 is 8.32 Å². The van der Waals surface area contributed by atoms with Crippen LogP contribution in [-0.4, -0.2) is 23.1 Å². The van der Waals surface area contributed by atoms with Gasteiger partial charge in [-0.25, -0.2) is 0 Å². The molecule has 1 aromatic rings. The average molecular weight is 213 g/mol. The normalized spacial score (nSPS) is 13.0. The molecule has 0 saturated heterocycles. The largest absolute Gasteiger partial charge is 0.517 e. The van der Waals surface area contributed by atoms with Crippen molar-refractivity contribution in [3.05, 3.63) is 6.33 Å². The van der Waals surface area contributed by atoms with E-state index >= 15 is 0 Å². The highest BCUT2D eigenvalue weighted by atomic mass is 28.4. The monoisotopic (exact) mass is 213 g/mol. The van der Waals surface area contributed by atoms with Gasteiger partial charge in [0.1, 0.15) is 6.33 Å². The van der Waals surface area contributed by atoms with Crippen molar-refractivity contribution in [3.63, 3.8) is 0 Å². The molecule has 0 aliphatic carbocycles. The van der Waals surface area contributed by atoms with Gasteiger partial charge in [0.25, 0.3) is 8.32 Å². The number of hydrogen-bond donors (Lipinski definition) is 0. The van der Waals surface area contributed by atoms with Crippen molar-refractivity contribution in [2.75, 3.05) is 0 Å². The quantitative estimate of drug-likeness (QED) is 0.707. The summed E-state index contributed by atoms with van der Waals surface area (Å²) in [6.07, 6.45) is 1.66. The smallest absolute Gasteiger partial charge is 0.302 e. The fourth-order valence-corrected chi connectivity index (χ4v) is 1.69. The van der Waals surface area contributed by atoms with Gasteiger partial charge in [-0.1, -0.05) is 25.9 Å². The molecule has 0 N–H and O–H groups in total. The molecule has 0 unspecified atom stereocenters. The second-order valence-electron chi connectivity index (χ2n) is 5.09. The highest BCUT2D eigenvalue weighted by Gasteiger charge is 2.39. The van der Waals surface area contributed by atoms with Crippen LogP contribution in [0.3, 0.4) is 0 Å². The molecule has 0 amide bonds. The summed E-state index contributed by atoms with van der Waals surface area (Å²) >= 11 is 0. The molecular formula is C9H19N3OSi. The third-order valence-electron chi connectivity index (χ3n) is 2.82. The van der Waals surface area contributed by atoms with E-state index in [9.17, 15) is 0 Å². The zero-order valence-electron chi connectivity index (χ0n) is 9.83. The maximum atomic E-state index is 5.97. The van der Waals surface area contributed by atoms with E-state index in [1.54, 1.807) is 10.9 Å². The summed E-state index contributed by atoms with van der Waals surface area (Å²) in [6.45, 7) is 11.0. The van der Waals surface area contributed by atoms with Gasteiger partial charge in [-0.15, -0.1) is 5.10 Å². The number of nitrogens with zero attached hydrogens (tertiary/aromatic N) is 3. The maximum Gasteiger partial charge on any atom is 0.302 e. The van der Waals surface area contributed by atoms with Crippen LogP contribution in [0.5, 0.6) is 6.01 Å². The first-order valence-corrected chi connectivity index (χ1v) is 7.68. The lowest BCUT2D eigenvalue weighted by molar-refractivity contribution is 0.442. The molecule has 0 saturated carbocycles. The minimum atomic E-state index is -1.76. The molecule has 14 heavy (non-hydrogen) atoms. The van der Waals surface area contributed by atoms with Gasteiger partial charge in [-0.2, -0.15) is 0 Å². The van der Waals surface area contributed by atoms with Gasteiger partial charge in [0.15, 0.2) is 0 Å². The van der Waals surface area contributed by atoms with E-state index in [4.69, 9.17) is 4.43 Å². The Balaban J connectivity index is 2.84. The summed E-state index contributed by atoms with van der Waals surface area (Å²) in [6, 6.07) is 0.622. The summed E-state index contributed by atoms with van der Waals surface area (Å²) in [7, 11) is 0.127. The van der Waals surface area contributed by atoms with Crippen molar-refractivity contribution in [2.24, 2.45) is 7.05 Å². The topological polar surface area (TPSA) is 39.9 Å². The second-order valence-corrected chi connectivity index (χ2v) is 9.81. The minimum absolute atomic E-state index is 0.193. The molecule has 80 valence electrons. The van der Waals surface area contributed by atoms with Crippen LogP contribution < -0.4 is 4.43 Å². The fraction of sp³-hybridized carbons (Fsp3) is 0.778. The van der Waals surface area contributed by atoms with Crippen molar-refractivity contribution in [2.45, 2.75) is 38.9 Å². The van der Waals surface area contributed by atoms with Crippen LogP contribution in [0.15, 0.2) is 6.33 Å². The molecule has 0 radical (unpaired) electrons. The molecule has 5 heteroatoms. The van der Waals surface area contributed by atoms with Gasteiger partial charge in [0.2, 0.25) is 0 Å². The highest BCUT2D eigenvalue weighted by molar-refractivity contribution is 6.74. The Labute approximate surface area is 86.4 Å². The summed E-state index contributed by atoms with van der Waals surface area (Å²) < 4.78 is 7.77. The van der Waals surface area contributed by atoms with Crippen LogP contribution in [0.25, 0.3) is 0 Å². The first-order chi connectivity index (χ1) is 6.24. The SMILES string of the molecule is Cn1cnnc1O[Si](C)(C)C(C)(C)C. The molecule has 1 heterocycles. The minimum Gasteiger partial charge on any atom is -0.517 e. The van der Waals surface area contributed by atoms with Crippen LogP contribution in [0, 0.1) is 0 Å². The fourth-order valence-electron chi connectivity index (χ4n) is 0.746. The van der Waals surface area contributed by atoms with E-state index in [0.29, 0.717) is 6.01 Å². The third-order valence-corrected chi connectivity index (χ3v) is 7.13. The van der Waals surface area contributed by atoms with Crippen LogP contribution in [-0.2, 0) is 7.05 Å². The van der Waals surface area contributed by atoms with Crippen LogP contribution in [0.2, 0.25) is 18.1 Å². The lowest BCUT2D eigenvalue weighted by Crippen LogP contribution is -2.44.